The van der Waals surface area contributed by atoms with Crippen molar-refractivity contribution in [3.63, 3.8) is 0 Å². The molecule has 0 spiro atoms. The van der Waals surface area contributed by atoms with Gasteiger partial charge in [0.15, 0.2) is 5.96 Å². The molecule has 1 aliphatic rings. The molecule has 0 radical (unpaired) electrons. The molecule has 166 valence electrons. The highest BCUT2D eigenvalue weighted by Crippen LogP contribution is 2.26. The van der Waals surface area contributed by atoms with E-state index in [1.807, 2.05) is 25.3 Å². The third kappa shape index (κ3) is 5.66. The number of hydrogen-bond acceptors (Lipinski definition) is 4. The van der Waals surface area contributed by atoms with Crippen LogP contribution in [-0.2, 0) is 6.54 Å². The highest BCUT2D eigenvalue weighted by atomic mass is 127. The fourth-order valence-electron chi connectivity index (χ4n) is 3.85. The summed E-state index contributed by atoms with van der Waals surface area (Å²) in [7, 11) is 0. The molecule has 2 N–H and O–H groups in total. The zero-order valence-electron chi connectivity index (χ0n) is 17.9. The van der Waals surface area contributed by atoms with Crippen LogP contribution in [0.5, 0.6) is 0 Å². The number of fused-ring (bicyclic) bond motifs is 1. The fraction of sp³-hybridized carbons (Fsp3) is 0.391. The van der Waals surface area contributed by atoms with Crippen molar-refractivity contribution >= 4 is 46.7 Å². The number of pyridine rings is 1. The molecule has 0 saturated carbocycles. The van der Waals surface area contributed by atoms with E-state index < -0.39 is 0 Å². The van der Waals surface area contributed by atoms with E-state index in [0.29, 0.717) is 18.2 Å². The molecule has 8 heteroatoms. The van der Waals surface area contributed by atoms with Crippen molar-refractivity contribution < 1.29 is 8.81 Å². The second-order valence-corrected chi connectivity index (χ2v) is 7.58. The van der Waals surface area contributed by atoms with Crippen LogP contribution in [0, 0.1) is 12.7 Å². The van der Waals surface area contributed by atoms with Gasteiger partial charge in [0.1, 0.15) is 29.5 Å². The molecule has 0 unspecified atom stereocenters. The fourth-order valence-corrected chi connectivity index (χ4v) is 3.85. The van der Waals surface area contributed by atoms with Crippen LogP contribution in [0.1, 0.15) is 31.1 Å². The van der Waals surface area contributed by atoms with Gasteiger partial charge in [0, 0.05) is 42.8 Å². The number of hydrogen-bond donors (Lipinski definition) is 2. The van der Waals surface area contributed by atoms with Crippen molar-refractivity contribution in [2.45, 2.75) is 39.3 Å². The maximum absolute atomic E-state index is 13.5. The number of rotatable bonds is 5. The predicted molar refractivity (Wildman–Crippen MR) is 134 cm³/mol. The van der Waals surface area contributed by atoms with Crippen LogP contribution in [-0.4, -0.2) is 36.6 Å². The van der Waals surface area contributed by atoms with Crippen LogP contribution in [0.2, 0.25) is 0 Å². The number of piperidine rings is 1. The number of furan rings is 1. The average molecular weight is 537 g/mol. The molecule has 0 bridgehead atoms. The number of aryl methyl sites for hydroxylation is 1. The van der Waals surface area contributed by atoms with Crippen molar-refractivity contribution in [3.05, 3.63) is 59.7 Å². The summed E-state index contributed by atoms with van der Waals surface area (Å²) in [5, 5.41) is 7.67. The SMILES string of the molecule is CCNC(=NCc1oc2ccc(F)cc2c1C)NC1CCN(c2ccccn2)CC1.I. The van der Waals surface area contributed by atoms with Crippen LogP contribution >= 0.6 is 24.0 Å². The van der Waals surface area contributed by atoms with Gasteiger partial charge in [-0.3, -0.25) is 0 Å². The Hall–Kier alpha value is -2.36. The minimum Gasteiger partial charge on any atom is -0.459 e. The Balaban J connectivity index is 0.00000272. The molecule has 31 heavy (non-hydrogen) atoms. The number of anilines is 1. The molecule has 0 amide bonds. The second kappa shape index (κ2) is 10.8. The Bertz CT molecular complexity index is 1020. The quantitative estimate of drug-likeness (QED) is 0.283. The Labute approximate surface area is 199 Å². The van der Waals surface area contributed by atoms with E-state index in [2.05, 4.69) is 33.5 Å². The zero-order valence-corrected chi connectivity index (χ0v) is 20.2. The van der Waals surface area contributed by atoms with Crippen molar-refractivity contribution in [3.8, 4) is 0 Å². The summed E-state index contributed by atoms with van der Waals surface area (Å²) in [4.78, 5) is 11.5. The minimum absolute atomic E-state index is 0. The van der Waals surface area contributed by atoms with Crippen LogP contribution in [0.4, 0.5) is 10.2 Å². The first-order valence-corrected chi connectivity index (χ1v) is 10.5. The summed E-state index contributed by atoms with van der Waals surface area (Å²) in [5.41, 5.74) is 1.63. The largest absolute Gasteiger partial charge is 0.459 e. The van der Waals surface area contributed by atoms with Gasteiger partial charge in [-0.2, -0.15) is 0 Å². The van der Waals surface area contributed by atoms with Crippen LogP contribution in [0.15, 0.2) is 52.0 Å². The lowest BCUT2D eigenvalue weighted by Gasteiger charge is -2.33. The van der Waals surface area contributed by atoms with Gasteiger partial charge in [0.25, 0.3) is 0 Å². The van der Waals surface area contributed by atoms with Gasteiger partial charge in [0.2, 0.25) is 0 Å². The van der Waals surface area contributed by atoms with E-state index in [1.54, 1.807) is 6.07 Å². The molecule has 3 heterocycles. The first-order chi connectivity index (χ1) is 14.6. The third-order valence-electron chi connectivity index (χ3n) is 5.53. The molecule has 4 rings (SSSR count). The van der Waals surface area contributed by atoms with E-state index in [4.69, 9.17) is 9.41 Å². The predicted octanol–water partition coefficient (Wildman–Crippen LogP) is 4.62. The minimum atomic E-state index is -0.256. The lowest BCUT2D eigenvalue weighted by atomic mass is 10.1. The van der Waals surface area contributed by atoms with Crippen LogP contribution in [0.25, 0.3) is 11.0 Å². The zero-order chi connectivity index (χ0) is 20.9. The smallest absolute Gasteiger partial charge is 0.191 e. The molecule has 3 aromatic rings. The Morgan fingerprint density at radius 2 is 2.06 bits per heavy atom. The summed E-state index contributed by atoms with van der Waals surface area (Å²) >= 11 is 0. The van der Waals surface area contributed by atoms with Gasteiger partial charge in [-0.25, -0.2) is 14.4 Å². The summed E-state index contributed by atoms with van der Waals surface area (Å²) in [6.45, 7) is 7.11. The van der Waals surface area contributed by atoms with Crippen molar-refractivity contribution in [2.75, 3.05) is 24.5 Å². The number of aromatic nitrogens is 1. The number of nitrogens with zero attached hydrogens (tertiary/aromatic N) is 3. The molecular weight excluding hydrogens is 508 g/mol. The first kappa shape index (κ1) is 23.3. The Morgan fingerprint density at radius 3 is 2.77 bits per heavy atom. The molecule has 0 atom stereocenters. The number of halogens is 2. The summed E-state index contributed by atoms with van der Waals surface area (Å²) < 4.78 is 19.4. The molecule has 1 aromatic carbocycles. The van der Waals surface area contributed by atoms with Gasteiger partial charge in [0.05, 0.1) is 0 Å². The number of nitrogens with one attached hydrogen (secondary N) is 2. The van der Waals surface area contributed by atoms with E-state index in [1.165, 1.54) is 12.1 Å². The lowest BCUT2D eigenvalue weighted by molar-refractivity contribution is 0.459. The molecule has 1 fully saturated rings. The van der Waals surface area contributed by atoms with Gasteiger partial charge >= 0.3 is 0 Å². The van der Waals surface area contributed by atoms with Crippen molar-refractivity contribution in [1.29, 1.82) is 0 Å². The van der Waals surface area contributed by atoms with Crippen LogP contribution in [0.3, 0.4) is 0 Å². The van der Waals surface area contributed by atoms with E-state index in [9.17, 15) is 4.39 Å². The highest BCUT2D eigenvalue weighted by molar-refractivity contribution is 14.0. The second-order valence-electron chi connectivity index (χ2n) is 7.58. The number of benzene rings is 1. The average Bonchev–Trinajstić information content (AvgIpc) is 3.08. The number of guanidine groups is 1. The topological polar surface area (TPSA) is 65.7 Å². The van der Waals surface area contributed by atoms with Gasteiger partial charge < -0.3 is 20.0 Å². The number of aliphatic imine (C=N–C) groups is 1. The van der Waals surface area contributed by atoms with Gasteiger partial charge in [-0.05, 0) is 57.0 Å². The van der Waals surface area contributed by atoms with E-state index in [0.717, 1.165) is 61.0 Å². The lowest BCUT2D eigenvalue weighted by Crippen LogP contribution is -2.48. The van der Waals surface area contributed by atoms with Crippen molar-refractivity contribution in [1.82, 2.24) is 15.6 Å². The molecule has 1 aliphatic heterocycles. The summed E-state index contributed by atoms with van der Waals surface area (Å²) in [5.74, 6) is 2.32. The molecule has 0 aliphatic carbocycles. The van der Waals surface area contributed by atoms with Gasteiger partial charge in [-0.1, -0.05) is 6.07 Å². The van der Waals surface area contributed by atoms with Gasteiger partial charge in [-0.15, -0.1) is 24.0 Å². The van der Waals surface area contributed by atoms with E-state index in [-0.39, 0.29) is 29.8 Å². The van der Waals surface area contributed by atoms with Crippen molar-refractivity contribution in [2.24, 2.45) is 4.99 Å². The molecular formula is C23H29FIN5O. The monoisotopic (exact) mass is 537 g/mol. The Morgan fingerprint density at radius 1 is 1.26 bits per heavy atom. The first-order valence-electron chi connectivity index (χ1n) is 10.5. The van der Waals surface area contributed by atoms with Crippen LogP contribution < -0.4 is 15.5 Å². The highest BCUT2D eigenvalue weighted by Gasteiger charge is 2.21. The maximum atomic E-state index is 13.5. The van der Waals surface area contributed by atoms with E-state index >= 15 is 0 Å². The normalized spacial score (nSPS) is 15.1. The Kier molecular flexibility index (Phi) is 8.11. The third-order valence-corrected chi connectivity index (χ3v) is 5.53. The summed E-state index contributed by atoms with van der Waals surface area (Å²) in [6.07, 6.45) is 3.87. The standard InChI is InChI=1S/C23H28FN5O.HI/c1-3-25-23(27-15-21-16(2)19-14-17(24)7-8-20(19)30-21)28-18-9-12-29(13-10-18)22-6-4-5-11-26-22;/h4-8,11,14,18H,3,9-10,12-13,15H2,1-2H3,(H2,25,27,28);1H. The maximum Gasteiger partial charge on any atom is 0.191 e. The molecule has 6 nitrogen and oxygen atoms in total. The summed E-state index contributed by atoms with van der Waals surface area (Å²) in [6, 6.07) is 11.0. The molecule has 2 aromatic heterocycles. The molecule has 1 saturated heterocycles.